The number of ether oxygens (including phenoxy) is 1. The lowest BCUT2D eigenvalue weighted by molar-refractivity contribution is -0.138. The summed E-state index contributed by atoms with van der Waals surface area (Å²) in [7, 11) is 0. The van der Waals surface area contributed by atoms with Crippen molar-refractivity contribution in [1.29, 1.82) is 0 Å². The van der Waals surface area contributed by atoms with E-state index in [9.17, 15) is 14.7 Å². The van der Waals surface area contributed by atoms with E-state index in [1.165, 1.54) is 0 Å². The Morgan fingerprint density at radius 3 is 2.64 bits per heavy atom. The van der Waals surface area contributed by atoms with Gasteiger partial charge in [0.25, 0.3) is 5.91 Å². The third kappa shape index (κ3) is 5.95. The monoisotopic (exact) mass is 443 g/mol. The third-order valence-electron chi connectivity index (χ3n) is 4.67. The first-order valence-corrected chi connectivity index (χ1v) is 10.1. The summed E-state index contributed by atoms with van der Waals surface area (Å²) in [5.74, 6) is -0.293. The van der Waals surface area contributed by atoms with Gasteiger partial charge in [-0.15, -0.1) is 0 Å². The Morgan fingerprint density at radius 1 is 1.03 bits per heavy atom. The van der Waals surface area contributed by atoms with Crippen LogP contribution in [0.5, 0.6) is 5.75 Å². The highest BCUT2D eigenvalue weighted by atomic mass is 16.5. The van der Waals surface area contributed by atoms with Crippen LogP contribution < -0.4 is 15.4 Å². The number of carboxylic acids is 1. The van der Waals surface area contributed by atoms with Crippen molar-refractivity contribution < 1.29 is 19.4 Å². The summed E-state index contributed by atoms with van der Waals surface area (Å²) in [5.41, 5.74) is 2.33. The molecule has 9 heteroatoms. The molecule has 0 aliphatic carbocycles. The number of anilines is 3. The normalized spacial score (nSPS) is 11.4. The molecule has 0 spiro atoms. The highest BCUT2D eigenvalue weighted by molar-refractivity contribution is 6.04. The van der Waals surface area contributed by atoms with Crippen molar-refractivity contribution in [3.05, 3.63) is 96.6 Å². The van der Waals surface area contributed by atoms with Crippen molar-refractivity contribution in [3.63, 3.8) is 0 Å². The van der Waals surface area contributed by atoms with E-state index in [0.717, 1.165) is 0 Å². The first-order valence-electron chi connectivity index (χ1n) is 10.1. The number of carbonyl (C=O) groups is 2. The van der Waals surface area contributed by atoms with Gasteiger partial charge in [0.15, 0.2) is 0 Å². The van der Waals surface area contributed by atoms with Crippen molar-refractivity contribution in [2.24, 2.45) is 0 Å². The number of nitrogens with zero attached hydrogens (tertiary/aromatic N) is 2. The molecule has 166 valence electrons. The van der Waals surface area contributed by atoms with Crippen LogP contribution in [0.1, 0.15) is 28.4 Å². The van der Waals surface area contributed by atoms with Crippen LogP contribution in [0.2, 0.25) is 0 Å². The predicted octanol–water partition coefficient (Wildman–Crippen LogP) is 4.40. The van der Waals surface area contributed by atoms with Gasteiger partial charge in [-0.3, -0.25) is 14.6 Å². The molecule has 1 unspecified atom stereocenters. The molecular formula is C24H21N5O4. The van der Waals surface area contributed by atoms with Gasteiger partial charge in [0.1, 0.15) is 11.9 Å². The van der Waals surface area contributed by atoms with Crippen molar-refractivity contribution in [2.75, 3.05) is 10.6 Å². The van der Waals surface area contributed by atoms with Gasteiger partial charge in [-0.25, -0.2) is 4.98 Å². The second-order valence-electron chi connectivity index (χ2n) is 7.12. The summed E-state index contributed by atoms with van der Waals surface area (Å²) in [5, 5.41) is 15.2. The standard InChI is InChI=1S/C24H21N5O4/c30-22(31)14-21(17-5-3-9-25-15-17)33-20-8-2-7-19(13-20)28-23(32)16-4-1-6-18(12-16)29-24-26-10-11-27-24/h1-13,15,21H,14H2,(H,28,32)(H,30,31)(H2,26,27,29). The quantitative estimate of drug-likeness (QED) is 0.302. The molecule has 1 atom stereocenters. The number of hydrogen-bond donors (Lipinski definition) is 4. The second-order valence-corrected chi connectivity index (χ2v) is 7.12. The number of H-pyrrole nitrogens is 1. The Bertz CT molecular complexity index is 1230. The molecule has 0 saturated carbocycles. The van der Waals surface area contributed by atoms with Gasteiger partial charge in [0.2, 0.25) is 5.95 Å². The Morgan fingerprint density at radius 2 is 1.88 bits per heavy atom. The zero-order valence-electron chi connectivity index (χ0n) is 17.4. The van der Waals surface area contributed by atoms with Crippen LogP contribution in [0.3, 0.4) is 0 Å². The number of amides is 1. The van der Waals surface area contributed by atoms with Crippen LogP contribution in [0.4, 0.5) is 17.3 Å². The smallest absolute Gasteiger partial charge is 0.307 e. The lowest BCUT2D eigenvalue weighted by Gasteiger charge is -2.18. The largest absolute Gasteiger partial charge is 0.485 e. The number of benzene rings is 2. The molecule has 0 aliphatic rings. The molecule has 1 amide bonds. The Kier molecular flexibility index (Phi) is 6.60. The summed E-state index contributed by atoms with van der Waals surface area (Å²) in [4.78, 5) is 35.2. The molecule has 2 aromatic carbocycles. The number of imidazole rings is 1. The van der Waals surface area contributed by atoms with E-state index in [2.05, 4.69) is 25.6 Å². The number of carbonyl (C=O) groups excluding carboxylic acids is 1. The number of aromatic amines is 1. The number of nitrogens with one attached hydrogen (secondary N) is 3. The summed E-state index contributed by atoms with van der Waals surface area (Å²) >= 11 is 0. The predicted molar refractivity (Wildman–Crippen MR) is 123 cm³/mol. The Hall–Kier alpha value is -4.66. The van der Waals surface area contributed by atoms with Crippen molar-refractivity contribution in [3.8, 4) is 5.75 Å². The minimum Gasteiger partial charge on any atom is -0.485 e. The summed E-state index contributed by atoms with van der Waals surface area (Å²) in [6.45, 7) is 0. The average Bonchev–Trinajstić information content (AvgIpc) is 3.32. The van der Waals surface area contributed by atoms with Gasteiger partial charge in [-0.2, -0.15) is 0 Å². The molecule has 2 aromatic heterocycles. The van der Waals surface area contributed by atoms with Crippen LogP contribution in [-0.2, 0) is 4.79 Å². The number of aromatic nitrogens is 3. The summed E-state index contributed by atoms with van der Waals surface area (Å²) in [6.07, 6.45) is 5.57. The SMILES string of the molecule is O=C(O)CC(Oc1cccc(NC(=O)c2cccc(Nc3ncc[nH]3)c2)c1)c1cccnc1. The van der Waals surface area contributed by atoms with Crippen LogP contribution in [0.25, 0.3) is 0 Å². The van der Waals surface area contributed by atoms with Gasteiger partial charge in [0, 0.05) is 53.4 Å². The highest BCUT2D eigenvalue weighted by Crippen LogP contribution is 2.27. The number of hydrogen-bond acceptors (Lipinski definition) is 6. The molecule has 4 N–H and O–H groups in total. The molecule has 4 rings (SSSR count). The molecule has 9 nitrogen and oxygen atoms in total. The van der Waals surface area contributed by atoms with Crippen molar-refractivity contribution in [2.45, 2.75) is 12.5 Å². The fourth-order valence-electron chi connectivity index (χ4n) is 3.18. The molecule has 2 heterocycles. The lowest BCUT2D eigenvalue weighted by Crippen LogP contribution is -2.14. The average molecular weight is 443 g/mol. The number of pyridine rings is 1. The van der Waals surface area contributed by atoms with E-state index < -0.39 is 12.1 Å². The molecule has 0 radical (unpaired) electrons. The number of aliphatic carboxylic acids is 1. The van der Waals surface area contributed by atoms with Crippen LogP contribution >= 0.6 is 0 Å². The molecule has 33 heavy (non-hydrogen) atoms. The highest BCUT2D eigenvalue weighted by Gasteiger charge is 2.18. The lowest BCUT2D eigenvalue weighted by atomic mass is 10.1. The fourth-order valence-corrected chi connectivity index (χ4v) is 3.18. The van der Waals surface area contributed by atoms with E-state index in [4.69, 9.17) is 4.74 Å². The maximum Gasteiger partial charge on any atom is 0.307 e. The van der Waals surface area contributed by atoms with Gasteiger partial charge in [0.05, 0.1) is 6.42 Å². The molecule has 0 bridgehead atoms. The van der Waals surface area contributed by atoms with Gasteiger partial charge >= 0.3 is 5.97 Å². The van der Waals surface area contributed by atoms with Crippen LogP contribution in [0.15, 0.2) is 85.5 Å². The third-order valence-corrected chi connectivity index (χ3v) is 4.67. The van der Waals surface area contributed by atoms with E-state index in [-0.39, 0.29) is 12.3 Å². The first kappa shape index (κ1) is 21.6. The topological polar surface area (TPSA) is 129 Å². The van der Waals surface area contributed by atoms with Gasteiger partial charge < -0.3 is 25.5 Å². The molecule has 0 saturated heterocycles. The van der Waals surface area contributed by atoms with Crippen molar-refractivity contribution >= 4 is 29.2 Å². The van der Waals surface area contributed by atoms with E-state index in [1.807, 2.05) is 6.07 Å². The first-order chi connectivity index (χ1) is 16.1. The van der Waals surface area contributed by atoms with Crippen LogP contribution in [-0.4, -0.2) is 31.9 Å². The van der Waals surface area contributed by atoms with Crippen LogP contribution in [0, 0.1) is 0 Å². The number of rotatable bonds is 9. The summed E-state index contributed by atoms with van der Waals surface area (Å²) < 4.78 is 5.92. The maximum atomic E-state index is 12.8. The summed E-state index contributed by atoms with van der Waals surface area (Å²) in [6, 6.07) is 17.3. The minimum absolute atomic E-state index is 0.224. The van der Waals surface area contributed by atoms with Gasteiger partial charge in [-0.05, 0) is 36.4 Å². The molecule has 0 aliphatic heterocycles. The number of carboxylic acid groups (broad SMARTS) is 1. The molecular weight excluding hydrogens is 422 g/mol. The van der Waals surface area contributed by atoms with E-state index in [1.54, 1.807) is 79.4 Å². The molecule has 0 fully saturated rings. The van der Waals surface area contributed by atoms with E-state index >= 15 is 0 Å². The minimum atomic E-state index is -0.989. The van der Waals surface area contributed by atoms with Crippen molar-refractivity contribution in [1.82, 2.24) is 15.0 Å². The maximum absolute atomic E-state index is 12.8. The van der Waals surface area contributed by atoms with E-state index in [0.29, 0.717) is 34.2 Å². The Labute approximate surface area is 189 Å². The zero-order chi connectivity index (χ0) is 23.0. The Balaban J connectivity index is 1.46. The zero-order valence-corrected chi connectivity index (χ0v) is 17.4. The second kappa shape index (κ2) is 10.1. The fraction of sp³-hybridized carbons (Fsp3) is 0.0833. The van der Waals surface area contributed by atoms with Gasteiger partial charge in [-0.1, -0.05) is 18.2 Å². The molecule has 4 aromatic rings.